The van der Waals surface area contributed by atoms with Gasteiger partial charge in [0.2, 0.25) is 5.91 Å². The Bertz CT molecular complexity index is 1290. The molecule has 4 rings (SSSR count). The monoisotopic (exact) mass is 489 g/mol. The zero-order valence-corrected chi connectivity index (χ0v) is 21.5. The van der Waals surface area contributed by atoms with Gasteiger partial charge in [-0.05, 0) is 59.9 Å². The minimum atomic E-state index is -0.256. The molecule has 35 heavy (non-hydrogen) atoms. The molecule has 1 unspecified atom stereocenters. The maximum atomic E-state index is 12.7. The summed E-state index contributed by atoms with van der Waals surface area (Å²) in [5.74, 6) is 1.59. The number of carbonyl (C=O) groups is 1. The van der Waals surface area contributed by atoms with Gasteiger partial charge in [0.05, 0.1) is 30.0 Å². The molecular formula is C29H32ClN3O2. The van der Waals surface area contributed by atoms with Crippen LogP contribution < -0.4 is 10.1 Å². The topological polar surface area (TPSA) is 56.2 Å². The number of nitrogens with zero attached hydrogens (tertiary/aromatic N) is 2. The zero-order valence-electron chi connectivity index (χ0n) is 20.7. The summed E-state index contributed by atoms with van der Waals surface area (Å²) in [7, 11) is 0. The maximum absolute atomic E-state index is 12.7. The molecule has 1 amide bonds. The molecule has 0 radical (unpaired) electrons. The molecule has 0 fully saturated rings. The van der Waals surface area contributed by atoms with Crippen LogP contribution in [0.25, 0.3) is 11.0 Å². The highest BCUT2D eigenvalue weighted by molar-refractivity contribution is 6.30. The summed E-state index contributed by atoms with van der Waals surface area (Å²) in [5, 5.41) is 3.75. The van der Waals surface area contributed by atoms with E-state index >= 15 is 0 Å². The Hall–Kier alpha value is -3.31. The number of nitrogens with one attached hydrogen (secondary N) is 1. The number of amides is 1. The number of ether oxygens (including phenoxy) is 1. The van der Waals surface area contributed by atoms with Crippen LogP contribution in [0.5, 0.6) is 5.75 Å². The van der Waals surface area contributed by atoms with Crippen molar-refractivity contribution in [1.82, 2.24) is 14.9 Å². The van der Waals surface area contributed by atoms with Crippen LogP contribution in [0.4, 0.5) is 0 Å². The molecule has 6 heteroatoms. The van der Waals surface area contributed by atoms with Gasteiger partial charge in [-0.15, -0.1) is 0 Å². The summed E-state index contributed by atoms with van der Waals surface area (Å²) in [6.07, 6.45) is 0.287. The molecule has 0 bridgehead atoms. The van der Waals surface area contributed by atoms with E-state index in [0.717, 1.165) is 28.2 Å². The first-order valence-electron chi connectivity index (χ1n) is 11.9. The van der Waals surface area contributed by atoms with Crippen molar-refractivity contribution in [2.45, 2.75) is 52.1 Å². The lowest BCUT2D eigenvalue weighted by Gasteiger charge is -2.19. The maximum Gasteiger partial charge on any atom is 0.224 e. The normalized spacial score (nSPS) is 12.5. The van der Waals surface area contributed by atoms with E-state index in [4.69, 9.17) is 21.3 Å². The van der Waals surface area contributed by atoms with Gasteiger partial charge in [-0.1, -0.05) is 68.8 Å². The molecule has 3 aromatic carbocycles. The molecule has 0 saturated heterocycles. The van der Waals surface area contributed by atoms with Crippen molar-refractivity contribution < 1.29 is 9.53 Å². The number of aromatic nitrogens is 2. The summed E-state index contributed by atoms with van der Waals surface area (Å²) in [6, 6.07) is 23.4. The molecule has 1 heterocycles. The van der Waals surface area contributed by atoms with Crippen molar-refractivity contribution in [3.63, 3.8) is 0 Å². The Morgan fingerprint density at radius 1 is 1.03 bits per heavy atom. The van der Waals surface area contributed by atoms with Gasteiger partial charge in [-0.2, -0.15) is 0 Å². The Morgan fingerprint density at radius 2 is 1.71 bits per heavy atom. The lowest BCUT2D eigenvalue weighted by Crippen LogP contribution is -2.30. The van der Waals surface area contributed by atoms with Crippen molar-refractivity contribution in [3.05, 3.63) is 94.8 Å². The van der Waals surface area contributed by atoms with Gasteiger partial charge in [-0.25, -0.2) is 4.98 Å². The van der Waals surface area contributed by atoms with Gasteiger partial charge in [0.1, 0.15) is 18.2 Å². The number of hydrogen-bond donors (Lipinski definition) is 1. The molecule has 182 valence electrons. The quantitative estimate of drug-likeness (QED) is 0.308. The van der Waals surface area contributed by atoms with Crippen LogP contribution in [-0.4, -0.2) is 22.1 Å². The van der Waals surface area contributed by atoms with E-state index in [0.29, 0.717) is 18.2 Å². The molecule has 5 nitrogen and oxygen atoms in total. The number of benzene rings is 3. The molecule has 0 aliphatic rings. The SMILES string of the molecule is CC(NC(=O)Cc1ccc(Cl)cc1)c1nc2ccccc2n1CCOc1ccc(C(C)(C)C)cc1. The fourth-order valence-electron chi connectivity index (χ4n) is 4.11. The second-order valence-electron chi connectivity index (χ2n) is 9.83. The third kappa shape index (κ3) is 6.23. The summed E-state index contributed by atoms with van der Waals surface area (Å²) < 4.78 is 8.18. The van der Waals surface area contributed by atoms with E-state index in [9.17, 15) is 4.79 Å². The first kappa shape index (κ1) is 24.8. The minimum Gasteiger partial charge on any atom is -0.492 e. The molecule has 4 aromatic rings. The van der Waals surface area contributed by atoms with Crippen molar-refractivity contribution >= 4 is 28.5 Å². The first-order valence-corrected chi connectivity index (χ1v) is 12.3. The van der Waals surface area contributed by atoms with Gasteiger partial charge in [0, 0.05) is 5.02 Å². The van der Waals surface area contributed by atoms with Crippen molar-refractivity contribution in [2.75, 3.05) is 6.61 Å². The standard InChI is InChI=1S/C29H32ClN3O2/c1-20(31-27(34)19-21-9-13-23(30)14-10-21)28-32-25-7-5-6-8-26(25)33(28)17-18-35-24-15-11-22(12-16-24)29(2,3)4/h5-16,20H,17-19H2,1-4H3,(H,31,34). The van der Waals surface area contributed by atoms with Crippen LogP contribution in [0.15, 0.2) is 72.8 Å². The van der Waals surface area contributed by atoms with Crippen LogP contribution in [-0.2, 0) is 23.2 Å². The highest BCUT2D eigenvalue weighted by Crippen LogP contribution is 2.25. The van der Waals surface area contributed by atoms with Gasteiger partial charge in [0.25, 0.3) is 0 Å². The van der Waals surface area contributed by atoms with Gasteiger partial charge < -0.3 is 14.6 Å². The molecule has 0 spiro atoms. The van der Waals surface area contributed by atoms with Gasteiger partial charge in [-0.3, -0.25) is 4.79 Å². The predicted molar refractivity (Wildman–Crippen MR) is 142 cm³/mol. The second kappa shape index (κ2) is 10.5. The van der Waals surface area contributed by atoms with E-state index in [1.54, 1.807) is 12.1 Å². The van der Waals surface area contributed by atoms with E-state index in [1.165, 1.54) is 5.56 Å². The van der Waals surface area contributed by atoms with Crippen molar-refractivity contribution in [1.29, 1.82) is 0 Å². The summed E-state index contributed by atoms with van der Waals surface area (Å²) in [4.78, 5) is 17.5. The number of fused-ring (bicyclic) bond motifs is 1. The molecule has 0 aliphatic carbocycles. The number of hydrogen-bond acceptors (Lipinski definition) is 3. The fourth-order valence-corrected chi connectivity index (χ4v) is 4.24. The lowest BCUT2D eigenvalue weighted by molar-refractivity contribution is -0.121. The summed E-state index contributed by atoms with van der Waals surface area (Å²) in [5.41, 5.74) is 4.22. The van der Waals surface area contributed by atoms with Gasteiger partial charge in [0.15, 0.2) is 0 Å². The average Bonchev–Trinajstić information content (AvgIpc) is 3.19. The largest absolute Gasteiger partial charge is 0.492 e. The van der Waals surface area contributed by atoms with E-state index < -0.39 is 0 Å². The lowest BCUT2D eigenvalue weighted by atomic mass is 9.87. The highest BCUT2D eigenvalue weighted by atomic mass is 35.5. The number of rotatable bonds is 8. The Balaban J connectivity index is 1.45. The summed E-state index contributed by atoms with van der Waals surface area (Å²) >= 11 is 5.95. The molecule has 1 N–H and O–H groups in total. The van der Waals surface area contributed by atoms with E-state index in [2.05, 4.69) is 42.8 Å². The van der Waals surface area contributed by atoms with Crippen LogP contribution in [0.3, 0.4) is 0 Å². The Kier molecular flexibility index (Phi) is 7.46. The Labute approximate surface area is 212 Å². The molecule has 1 aromatic heterocycles. The van der Waals surface area contributed by atoms with Crippen LogP contribution >= 0.6 is 11.6 Å². The zero-order chi connectivity index (χ0) is 25.0. The average molecular weight is 490 g/mol. The third-order valence-electron chi connectivity index (χ3n) is 6.03. The first-order chi connectivity index (χ1) is 16.7. The number of halogens is 1. The Morgan fingerprint density at radius 3 is 2.40 bits per heavy atom. The van der Waals surface area contributed by atoms with E-state index in [1.807, 2.05) is 55.5 Å². The fraction of sp³-hybridized carbons (Fsp3) is 0.310. The molecular weight excluding hydrogens is 458 g/mol. The number of imidazole rings is 1. The van der Waals surface area contributed by atoms with Crippen LogP contribution in [0, 0.1) is 0 Å². The van der Waals surface area contributed by atoms with E-state index in [-0.39, 0.29) is 23.8 Å². The van der Waals surface area contributed by atoms with Crippen LogP contribution in [0.2, 0.25) is 5.02 Å². The number of carbonyl (C=O) groups excluding carboxylic acids is 1. The second-order valence-corrected chi connectivity index (χ2v) is 10.3. The molecule has 1 atom stereocenters. The smallest absolute Gasteiger partial charge is 0.224 e. The van der Waals surface area contributed by atoms with Gasteiger partial charge >= 0.3 is 0 Å². The molecule has 0 aliphatic heterocycles. The van der Waals surface area contributed by atoms with Crippen molar-refractivity contribution in [2.24, 2.45) is 0 Å². The predicted octanol–water partition coefficient (Wildman–Crippen LogP) is 6.49. The minimum absolute atomic E-state index is 0.0615. The number of para-hydroxylation sites is 2. The highest BCUT2D eigenvalue weighted by Gasteiger charge is 2.19. The van der Waals surface area contributed by atoms with Crippen LogP contribution in [0.1, 0.15) is 50.7 Å². The molecule has 0 saturated carbocycles. The van der Waals surface area contributed by atoms with Crippen molar-refractivity contribution in [3.8, 4) is 5.75 Å². The summed E-state index contributed by atoms with van der Waals surface area (Å²) in [6.45, 7) is 9.67. The third-order valence-corrected chi connectivity index (χ3v) is 6.28.